The van der Waals surface area contributed by atoms with Crippen molar-refractivity contribution in [3.8, 4) is 0 Å². The summed E-state index contributed by atoms with van der Waals surface area (Å²) < 4.78 is 28.7. The summed E-state index contributed by atoms with van der Waals surface area (Å²) in [4.78, 5) is 0. The third-order valence-electron chi connectivity index (χ3n) is 4.22. The normalized spacial score (nSPS) is 22.6. The van der Waals surface area contributed by atoms with E-state index in [1.807, 2.05) is 6.92 Å². The number of rotatable bonds is 9. The Labute approximate surface area is 135 Å². The van der Waals surface area contributed by atoms with Crippen LogP contribution in [0.5, 0.6) is 0 Å². The van der Waals surface area contributed by atoms with Gasteiger partial charge in [-0.2, -0.15) is 28.8 Å². The van der Waals surface area contributed by atoms with Crippen molar-refractivity contribution in [3.05, 3.63) is 0 Å². The zero-order valence-corrected chi connectivity index (χ0v) is 15.5. The Hall–Kier alpha value is 0.180. The molecule has 21 heavy (non-hydrogen) atoms. The van der Waals surface area contributed by atoms with Gasteiger partial charge in [-0.05, 0) is 57.2 Å². The molecule has 126 valence electrons. The molecular weight excluding hydrogens is 306 g/mol. The van der Waals surface area contributed by atoms with Crippen LogP contribution in [0, 0.1) is 5.92 Å². The molecule has 0 saturated carbocycles. The molecule has 0 amide bonds. The summed E-state index contributed by atoms with van der Waals surface area (Å²) in [6.45, 7) is 7.23. The van der Waals surface area contributed by atoms with E-state index in [4.69, 9.17) is 0 Å². The van der Waals surface area contributed by atoms with Gasteiger partial charge in [0.2, 0.25) is 0 Å². The zero-order valence-electron chi connectivity index (χ0n) is 13.8. The lowest BCUT2D eigenvalue weighted by Gasteiger charge is -2.36. The van der Waals surface area contributed by atoms with Crippen LogP contribution in [0.2, 0.25) is 0 Å². The Morgan fingerprint density at radius 3 is 2.81 bits per heavy atom. The van der Waals surface area contributed by atoms with Crippen LogP contribution in [0.25, 0.3) is 0 Å². The maximum Gasteiger partial charge on any atom is 0.281 e. The van der Waals surface area contributed by atoms with E-state index >= 15 is 0 Å². The van der Waals surface area contributed by atoms with Gasteiger partial charge in [0.05, 0.1) is 0 Å². The molecule has 1 aliphatic heterocycles. The Kier molecular flexibility index (Phi) is 8.56. The molecule has 2 unspecified atom stereocenters. The van der Waals surface area contributed by atoms with Gasteiger partial charge >= 0.3 is 0 Å². The molecule has 0 aromatic carbocycles. The van der Waals surface area contributed by atoms with Gasteiger partial charge in [0.15, 0.2) is 0 Å². The van der Waals surface area contributed by atoms with Crippen molar-refractivity contribution in [1.82, 2.24) is 13.9 Å². The average molecular weight is 338 g/mol. The molecule has 0 spiro atoms. The summed E-state index contributed by atoms with van der Waals surface area (Å²) in [7, 11) is -1.60. The quantitative estimate of drug-likeness (QED) is 0.695. The Balaban J connectivity index is 2.63. The zero-order chi connectivity index (χ0) is 15.9. The second-order valence-corrected chi connectivity index (χ2v) is 8.80. The minimum Gasteiger partial charge on any atom is -0.317 e. The van der Waals surface area contributed by atoms with Crippen LogP contribution in [0.4, 0.5) is 0 Å². The van der Waals surface area contributed by atoms with Crippen molar-refractivity contribution in [3.63, 3.8) is 0 Å². The lowest BCUT2D eigenvalue weighted by atomic mass is 10.00. The SMILES string of the molecule is CCNCC1CCCN(S(=O)(=O)N(C)C(C)CCSC)C1. The number of piperidine rings is 1. The second-order valence-electron chi connectivity index (χ2n) is 5.83. The van der Waals surface area contributed by atoms with Crippen molar-refractivity contribution < 1.29 is 8.42 Å². The van der Waals surface area contributed by atoms with Crippen LogP contribution in [0.3, 0.4) is 0 Å². The maximum atomic E-state index is 12.7. The highest BCUT2D eigenvalue weighted by molar-refractivity contribution is 7.98. The van der Waals surface area contributed by atoms with Gasteiger partial charge in [0, 0.05) is 26.2 Å². The number of nitrogens with one attached hydrogen (secondary N) is 1. The minimum atomic E-state index is -3.32. The lowest BCUT2D eigenvalue weighted by molar-refractivity contribution is 0.239. The van der Waals surface area contributed by atoms with Crippen molar-refractivity contribution in [2.75, 3.05) is 45.2 Å². The number of hydrogen-bond acceptors (Lipinski definition) is 4. The van der Waals surface area contributed by atoms with Crippen molar-refractivity contribution in [2.24, 2.45) is 5.92 Å². The summed E-state index contributed by atoms with van der Waals surface area (Å²) >= 11 is 1.76. The van der Waals surface area contributed by atoms with E-state index in [2.05, 4.69) is 18.5 Å². The van der Waals surface area contributed by atoms with Gasteiger partial charge in [0.1, 0.15) is 0 Å². The first kappa shape index (κ1) is 19.2. The first-order chi connectivity index (χ1) is 9.93. The molecular formula is C14H31N3O2S2. The third kappa shape index (κ3) is 5.71. The monoisotopic (exact) mass is 337 g/mol. The molecule has 1 N–H and O–H groups in total. The van der Waals surface area contributed by atoms with Crippen molar-refractivity contribution >= 4 is 22.0 Å². The highest BCUT2D eigenvalue weighted by atomic mass is 32.2. The van der Waals surface area contributed by atoms with Crippen LogP contribution in [-0.2, 0) is 10.2 Å². The third-order valence-corrected chi connectivity index (χ3v) is 6.93. The highest BCUT2D eigenvalue weighted by Gasteiger charge is 2.33. The largest absolute Gasteiger partial charge is 0.317 e. The average Bonchev–Trinajstić information content (AvgIpc) is 2.50. The van der Waals surface area contributed by atoms with Gasteiger partial charge in [-0.25, -0.2) is 0 Å². The first-order valence-electron chi connectivity index (χ1n) is 7.86. The number of nitrogens with zero attached hydrogens (tertiary/aromatic N) is 2. The van der Waals surface area contributed by atoms with Gasteiger partial charge in [-0.1, -0.05) is 6.92 Å². The molecule has 2 atom stereocenters. The van der Waals surface area contributed by atoms with Crippen molar-refractivity contribution in [2.45, 2.75) is 39.2 Å². The summed E-state index contributed by atoms with van der Waals surface area (Å²) in [5.41, 5.74) is 0. The van der Waals surface area contributed by atoms with Gasteiger partial charge in [-0.3, -0.25) is 0 Å². The van der Waals surface area contributed by atoms with Crippen LogP contribution in [-0.4, -0.2) is 68.3 Å². The fraction of sp³-hybridized carbons (Fsp3) is 1.00. The molecule has 7 heteroatoms. The highest BCUT2D eigenvalue weighted by Crippen LogP contribution is 2.22. The van der Waals surface area contributed by atoms with E-state index in [1.54, 1.807) is 27.4 Å². The smallest absolute Gasteiger partial charge is 0.281 e. The Bertz CT molecular complexity index is 390. The van der Waals surface area contributed by atoms with Crippen LogP contribution in [0.15, 0.2) is 0 Å². The molecule has 1 aliphatic rings. The summed E-state index contributed by atoms with van der Waals surface area (Å²) in [6, 6.07) is 0.0524. The van der Waals surface area contributed by atoms with E-state index in [9.17, 15) is 8.42 Å². The molecule has 1 heterocycles. The van der Waals surface area contributed by atoms with Crippen molar-refractivity contribution in [1.29, 1.82) is 0 Å². The van der Waals surface area contributed by atoms with Crippen LogP contribution >= 0.6 is 11.8 Å². The summed E-state index contributed by atoms with van der Waals surface area (Å²) in [5.74, 6) is 1.42. The second kappa shape index (κ2) is 9.35. The predicted molar refractivity (Wildman–Crippen MR) is 92.0 cm³/mol. The van der Waals surface area contributed by atoms with Gasteiger partial charge < -0.3 is 5.32 Å². The van der Waals surface area contributed by atoms with Crippen LogP contribution in [0.1, 0.15) is 33.1 Å². The molecule has 0 aromatic heterocycles. The van der Waals surface area contributed by atoms with E-state index in [-0.39, 0.29) is 6.04 Å². The summed E-state index contributed by atoms with van der Waals surface area (Å²) in [6.07, 6.45) is 5.02. The topological polar surface area (TPSA) is 52.7 Å². The van der Waals surface area contributed by atoms with E-state index in [0.29, 0.717) is 19.0 Å². The first-order valence-corrected chi connectivity index (χ1v) is 10.6. The van der Waals surface area contributed by atoms with Gasteiger partial charge in [-0.15, -0.1) is 0 Å². The number of thioether (sulfide) groups is 1. The lowest BCUT2D eigenvalue weighted by Crippen LogP contribution is -2.50. The fourth-order valence-corrected chi connectivity index (χ4v) is 4.89. The van der Waals surface area contributed by atoms with Gasteiger partial charge in [0.25, 0.3) is 10.2 Å². The minimum absolute atomic E-state index is 0.0524. The maximum absolute atomic E-state index is 12.7. The van der Waals surface area contributed by atoms with E-state index in [1.165, 1.54) is 0 Å². The predicted octanol–water partition coefficient (Wildman–Crippen LogP) is 1.63. The molecule has 0 radical (unpaired) electrons. The summed E-state index contributed by atoms with van der Waals surface area (Å²) in [5, 5.41) is 3.33. The molecule has 1 rings (SSSR count). The molecule has 5 nitrogen and oxygen atoms in total. The number of hydrogen-bond donors (Lipinski definition) is 1. The molecule has 0 bridgehead atoms. The van der Waals surface area contributed by atoms with E-state index < -0.39 is 10.2 Å². The molecule has 1 fully saturated rings. The standard InChI is InChI=1S/C14H31N3O2S2/c1-5-15-11-14-7-6-9-17(12-14)21(18,19)16(3)13(2)8-10-20-4/h13-15H,5-12H2,1-4H3. The molecule has 1 saturated heterocycles. The Morgan fingerprint density at radius 2 is 2.19 bits per heavy atom. The fourth-order valence-electron chi connectivity index (χ4n) is 2.63. The van der Waals surface area contributed by atoms with E-state index in [0.717, 1.165) is 38.1 Å². The molecule has 0 aromatic rings. The van der Waals surface area contributed by atoms with Crippen LogP contribution < -0.4 is 5.32 Å². The Morgan fingerprint density at radius 1 is 1.48 bits per heavy atom. The molecule has 0 aliphatic carbocycles.